The summed E-state index contributed by atoms with van der Waals surface area (Å²) in [6, 6.07) is 8.45. The third kappa shape index (κ3) is 2.48. The van der Waals surface area contributed by atoms with Gasteiger partial charge in [0.15, 0.2) is 5.82 Å². The van der Waals surface area contributed by atoms with Crippen molar-refractivity contribution in [1.82, 2.24) is 19.5 Å². The van der Waals surface area contributed by atoms with Crippen molar-refractivity contribution in [2.75, 3.05) is 5.73 Å². The van der Waals surface area contributed by atoms with Crippen LogP contribution in [-0.2, 0) is 19.9 Å². The lowest BCUT2D eigenvalue weighted by molar-refractivity contribution is 0.797. The number of fused-ring (bicyclic) bond motifs is 3. The second-order valence-corrected chi connectivity index (χ2v) is 6.25. The van der Waals surface area contributed by atoms with Gasteiger partial charge >= 0.3 is 0 Å². The second-order valence-electron chi connectivity index (χ2n) is 6.25. The van der Waals surface area contributed by atoms with Gasteiger partial charge in [0.2, 0.25) is 0 Å². The first kappa shape index (κ1) is 14.6. The third-order valence-electron chi connectivity index (χ3n) is 4.46. The smallest absolute Gasteiger partial charge is 0.150 e. The molecular weight excluding hydrogens is 298 g/mol. The first-order chi connectivity index (χ1) is 11.6. The fraction of sp³-hybridized carbons (Fsp3) is 0.211. The van der Waals surface area contributed by atoms with E-state index in [4.69, 9.17) is 5.73 Å². The van der Waals surface area contributed by atoms with Crippen LogP contribution in [0, 0.1) is 6.92 Å². The van der Waals surface area contributed by atoms with E-state index in [1.165, 1.54) is 16.8 Å². The highest BCUT2D eigenvalue weighted by Crippen LogP contribution is 2.28. The Labute approximate surface area is 140 Å². The van der Waals surface area contributed by atoms with E-state index in [1.807, 2.05) is 25.8 Å². The van der Waals surface area contributed by atoms with Crippen molar-refractivity contribution in [2.24, 2.45) is 7.05 Å². The molecule has 0 atom stereocenters. The van der Waals surface area contributed by atoms with Crippen LogP contribution in [0.5, 0.6) is 0 Å². The molecule has 3 heterocycles. The molecule has 0 spiro atoms. The summed E-state index contributed by atoms with van der Waals surface area (Å²) < 4.78 is 2.05. The molecule has 0 amide bonds. The number of aromatic nitrogens is 4. The highest BCUT2D eigenvalue weighted by Gasteiger charge is 2.09. The first-order valence-electron chi connectivity index (χ1n) is 8.01. The molecule has 0 saturated heterocycles. The number of nitrogens with two attached hydrogens (primary N) is 1. The van der Waals surface area contributed by atoms with Crippen LogP contribution in [0.25, 0.3) is 21.8 Å². The lowest BCUT2D eigenvalue weighted by Crippen LogP contribution is -2.00. The third-order valence-corrected chi connectivity index (χ3v) is 4.46. The Morgan fingerprint density at radius 2 is 1.96 bits per heavy atom. The molecule has 24 heavy (non-hydrogen) atoms. The van der Waals surface area contributed by atoms with E-state index in [0.29, 0.717) is 5.82 Å². The summed E-state index contributed by atoms with van der Waals surface area (Å²) in [7, 11) is 2.02. The Bertz CT molecular complexity index is 1050. The topological polar surface area (TPSA) is 69.6 Å². The van der Waals surface area contributed by atoms with Gasteiger partial charge in [-0.3, -0.25) is 4.98 Å². The van der Waals surface area contributed by atoms with E-state index >= 15 is 0 Å². The van der Waals surface area contributed by atoms with Gasteiger partial charge in [0.25, 0.3) is 0 Å². The van der Waals surface area contributed by atoms with Crippen molar-refractivity contribution < 1.29 is 0 Å². The molecule has 5 nitrogen and oxygen atoms in total. The first-order valence-corrected chi connectivity index (χ1v) is 8.01. The number of aryl methyl sites for hydroxylation is 4. The Kier molecular flexibility index (Phi) is 3.41. The summed E-state index contributed by atoms with van der Waals surface area (Å²) in [5, 5.41) is 2.17. The molecule has 0 aliphatic rings. The Morgan fingerprint density at radius 1 is 1.08 bits per heavy atom. The number of nitrogen functional groups attached to an aromatic ring is 1. The zero-order valence-electron chi connectivity index (χ0n) is 13.8. The zero-order chi connectivity index (χ0) is 16.7. The predicted octanol–water partition coefficient (Wildman–Crippen LogP) is 3.19. The Balaban J connectivity index is 1.78. The lowest BCUT2D eigenvalue weighted by Gasteiger charge is -2.09. The number of anilines is 1. The number of rotatable bonds is 3. The molecule has 3 aromatic heterocycles. The molecule has 0 radical (unpaired) electrons. The molecule has 120 valence electrons. The van der Waals surface area contributed by atoms with Gasteiger partial charge in [0.1, 0.15) is 5.52 Å². The maximum Gasteiger partial charge on any atom is 0.150 e. The second kappa shape index (κ2) is 5.60. The van der Waals surface area contributed by atoms with E-state index in [-0.39, 0.29) is 0 Å². The van der Waals surface area contributed by atoms with Crippen LogP contribution in [0.2, 0.25) is 0 Å². The molecule has 0 saturated carbocycles. The van der Waals surface area contributed by atoms with E-state index < -0.39 is 0 Å². The molecule has 0 fully saturated rings. The van der Waals surface area contributed by atoms with E-state index in [9.17, 15) is 0 Å². The van der Waals surface area contributed by atoms with Gasteiger partial charge in [-0.1, -0.05) is 12.1 Å². The molecule has 2 N–H and O–H groups in total. The summed E-state index contributed by atoms with van der Waals surface area (Å²) in [4.78, 5) is 13.2. The minimum Gasteiger partial charge on any atom is -0.382 e. The number of hydrogen-bond acceptors (Lipinski definition) is 4. The highest BCUT2D eigenvalue weighted by atomic mass is 15.0. The summed E-state index contributed by atoms with van der Waals surface area (Å²) in [6.45, 7) is 2.06. The quantitative estimate of drug-likeness (QED) is 0.589. The number of imidazole rings is 1. The van der Waals surface area contributed by atoms with Crippen LogP contribution < -0.4 is 5.73 Å². The van der Waals surface area contributed by atoms with Crippen molar-refractivity contribution >= 4 is 27.6 Å². The fourth-order valence-corrected chi connectivity index (χ4v) is 3.10. The van der Waals surface area contributed by atoms with Crippen molar-refractivity contribution in [3.63, 3.8) is 0 Å². The molecule has 5 heteroatoms. The molecule has 0 unspecified atom stereocenters. The van der Waals surface area contributed by atoms with Crippen LogP contribution in [0.3, 0.4) is 0 Å². The molecule has 0 aliphatic heterocycles. The van der Waals surface area contributed by atoms with Crippen LogP contribution >= 0.6 is 0 Å². The minimum atomic E-state index is 0.487. The maximum atomic E-state index is 6.11. The normalized spacial score (nSPS) is 11.4. The van der Waals surface area contributed by atoms with Crippen molar-refractivity contribution in [1.29, 1.82) is 0 Å². The maximum absolute atomic E-state index is 6.11. The van der Waals surface area contributed by atoms with Gasteiger partial charge in [0, 0.05) is 35.9 Å². The van der Waals surface area contributed by atoms with Crippen molar-refractivity contribution in [3.8, 4) is 0 Å². The molecule has 4 rings (SSSR count). The van der Waals surface area contributed by atoms with E-state index in [1.54, 1.807) is 0 Å². The highest BCUT2D eigenvalue weighted by molar-refractivity contribution is 6.08. The number of benzene rings is 1. The number of hydrogen-bond donors (Lipinski definition) is 1. The lowest BCUT2D eigenvalue weighted by atomic mass is 10.0. The van der Waals surface area contributed by atoms with E-state index in [2.05, 4.69) is 50.7 Å². The summed E-state index contributed by atoms with van der Waals surface area (Å²) >= 11 is 0. The minimum absolute atomic E-state index is 0.487. The summed E-state index contributed by atoms with van der Waals surface area (Å²) in [5.74, 6) is 0.487. The monoisotopic (exact) mass is 317 g/mol. The summed E-state index contributed by atoms with van der Waals surface area (Å²) in [6.07, 6.45) is 7.49. The molecule has 4 aromatic rings. The van der Waals surface area contributed by atoms with Crippen LogP contribution in [0.1, 0.15) is 16.8 Å². The summed E-state index contributed by atoms with van der Waals surface area (Å²) in [5.41, 5.74) is 11.4. The molecule has 0 aliphatic carbocycles. The van der Waals surface area contributed by atoms with Gasteiger partial charge in [-0.05, 0) is 43.0 Å². The van der Waals surface area contributed by atoms with Gasteiger partial charge in [-0.25, -0.2) is 9.97 Å². The Hall–Kier alpha value is -2.95. The van der Waals surface area contributed by atoms with E-state index in [0.717, 1.165) is 34.6 Å². The molecule has 0 bridgehead atoms. The van der Waals surface area contributed by atoms with Crippen LogP contribution in [0.4, 0.5) is 5.82 Å². The van der Waals surface area contributed by atoms with Crippen molar-refractivity contribution in [3.05, 3.63) is 59.8 Å². The van der Waals surface area contributed by atoms with Gasteiger partial charge in [0.05, 0.1) is 11.8 Å². The Morgan fingerprint density at radius 3 is 2.75 bits per heavy atom. The van der Waals surface area contributed by atoms with Gasteiger partial charge in [-0.2, -0.15) is 0 Å². The fourth-order valence-electron chi connectivity index (χ4n) is 3.10. The molecular formula is C19H19N5. The molecule has 1 aromatic carbocycles. The predicted molar refractivity (Wildman–Crippen MR) is 96.8 cm³/mol. The zero-order valence-corrected chi connectivity index (χ0v) is 13.8. The SMILES string of the molecule is Cc1ccc2c(c1)nc(N)c1ncc(CCc3cncn3C)cc12. The number of nitrogens with zero attached hydrogens (tertiary/aromatic N) is 4. The van der Waals surface area contributed by atoms with Gasteiger partial charge in [-0.15, -0.1) is 0 Å². The van der Waals surface area contributed by atoms with Gasteiger partial charge < -0.3 is 10.3 Å². The average molecular weight is 317 g/mol. The van der Waals surface area contributed by atoms with Crippen LogP contribution in [0.15, 0.2) is 43.0 Å². The average Bonchev–Trinajstić information content (AvgIpc) is 2.97. The van der Waals surface area contributed by atoms with Crippen LogP contribution in [-0.4, -0.2) is 19.5 Å². The van der Waals surface area contributed by atoms with Crippen molar-refractivity contribution in [2.45, 2.75) is 19.8 Å². The number of pyridine rings is 2. The largest absolute Gasteiger partial charge is 0.382 e. The standard InChI is InChI=1S/C19H19N5/c1-12-3-6-15-16-8-13(4-5-14-10-21-11-24(14)2)9-22-18(16)19(20)23-17(15)7-12/h3,6-11H,4-5H2,1-2H3,(H2,20,23).